The molecule has 11 nitrogen and oxygen atoms in total. The SMILES string of the molecule is CC(=O)O[C@@H]1[C@H](Oc2c(-c3ccc(O)cc3)oc3cc(O)cc(O)c3c2=O)O[C@H](C)[C@H](O)[C@H]1O. The molecule has 180 valence electrons. The van der Waals surface area contributed by atoms with Crippen LogP contribution in [-0.2, 0) is 14.3 Å². The smallest absolute Gasteiger partial charge is 0.303 e. The van der Waals surface area contributed by atoms with E-state index in [1.807, 2.05) is 0 Å². The Morgan fingerprint density at radius 2 is 1.68 bits per heavy atom. The Kier molecular flexibility index (Phi) is 6.09. The highest BCUT2D eigenvalue weighted by Gasteiger charge is 2.47. The Morgan fingerprint density at radius 1 is 1.00 bits per heavy atom. The van der Waals surface area contributed by atoms with Gasteiger partial charge < -0.3 is 44.2 Å². The molecule has 4 rings (SSSR count). The number of aliphatic hydroxyl groups excluding tert-OH is 2. The van der Waals surface area contributed by atoms with Crippen LogP contribution in [0, 0.1) is 0 Å². The number of phenolic OH excluding ortho intramolecular Hbond substituents is 3. The monoisotopic (exact) mass is 474 g/mol. The number of hydrogen-bond donors (Lipinski definition) is 5. The first-order chi connectivity index (χ1) is 16.1. The second-order valence-corrected chi connectivity index (χ2v) is 7.86. The van der Waals surface area contributed by atoms with Crippen LogP contribution >= 0.6 is 0 Å². The Balaban J connectivity index is 1.90. The summed E-state index contributed by atoms with van der Waals surface area (Å²) in [5.74, 6) is -2.38. The van der Waals surface area contributed by atoms with Crippen LogP contribution in [0.3, 0.4) is 0 Å². The fraction of sp³-hybridized carbons (Fsp3) is 0.304. The molecule has 5 N–H and O–H groups in total. The van der Waals surface area contributed by atoms with Crippen LogP contribution in [0.1, 0.15) is 13.8 Å². The molecule has 0 aliphatic carbocycles. The van der Waals surface area contributed by atoms with Crippen molar-refractivity contribution in [2.45, 2.75) is 44.6 Å². The maximum Gasteiger partial charge on any atom is 0.303 e. The average molecular weight is 474 g/mol. The molecule has 1 aromatic heterocycles. The summed E-state index contributed by atoms with van der Waals surface area (Å²) < 4.78 is 22.2. The number of aliphatic hydroxyl groups is 2. The zero-order valence-corrected chi connectivity index (χ0v) is 18.0. The number of fused-ring (bicyclic) bond motifs is 1. The molecule has 0 saturated carbocycles. The highest BCUT2D eigenvalue weighted by atomic mass is 16.7. The van der Waals surface area contributed by atoms with Crippen LogP contribution in [-0.4, -0.2) is 62.2 Å². The fourth-order valence-corrected chi connectivity index (χ4v) is 3.71. The predicted octanol–water partition coefficient (Wildman–Crippen LogP) is 1.35. The lowest BCUT2D eigenvalue weighted by Crippen LogP contribution is -2.59. The van der Waals surface area contributed by atoms with Gasteiger partial charge in [-0.3, -0.25) is 9.59 Å². The van der Waals surface area contributed by atoms with Crippen molar-refractivity contribution in [2.24, 2.45) is 0 Å². The van der Waals surface area contributed by atoms with E-state index >= 15 is 0 Å². The topological polar surface area (TPSA) is 176 Å². The maximum absolute atomic E-state index is 13.4. The number of phenols is 3. The first-order valence-electron chi connectivity index (χ1n) is 10.2. The van der Waals surface area contributed by atoms with Crippen LogP contribution in [0.5, 0.6) is 23.0 Å². The molecule has 0 unspecified atom stereocenters. The number of carbonyl (C=O) groups excluding carboxylic acids is 1. The van der Waals surface area contributed by atoms with Gasteiger partial charge in [0.1, 0.15) is 40.4 Å². The van der Waals surface area contributed by atoms with Crippen LogP contribution in [0.15, 0.2) is 45.6 Å². The van der Waals surface area contributed by atoms with Crippen molar-refractivity contribution in [3.8, 4) is 34.3 Å². The number of ether oxygens (including phenoxy) is 3. The lowest BCUT2D eigenvalue weighted by atomic mass is 9.99. The zero-order chi connectivity index (χ0) is 24.7. The van der Waals surface area contributed by atoms with Gasteiger partial charge in [-0.25, -0.2) is 0 Å². The van der Waals surface area contributed by atoms with E-state index in [1.165, 1.54) is 31.2 Å². The molecule has 0 bridgehead atoms. The second kappa shape index (κ2) is 8.86. The predicted molar refractivity (Wildman–Crippen MR) is 115 cm³/mol. The van der Waals surface area contributed by atoms with E-state index in [-0.39, 0.29) is 33.8 Å². The molecule has 5 atom stereocenters. The van der Waals surface area contributed by atoms with Crippen LogP contribution in [0.4, 0.5) is 0 Å². The number of rotatable bonds is 4. The van der Waals surface area contributed by atoms with Crippen molar-refractivity contribution >= 4 is 16.9 Å². The van der Waals surface area contributed by atoms with E-state index in [4.69, 9.17) is 18.6 Å². The summed E-state index contributed by atoms with van der Waals surface area (Å²) in [6.07, 6.45) is -6.98. The summed E-state index contributed by atoms with van der Waals surface area (Å²) in [5, 5.41) is 50.0. The number of esters is 1. The van der Waals surface area contributed by atoms with Gasteiger partial charge in [-0.1, -0.05) is 0 Å². The van der Waals surface area contributed by atoms with Gasteiger partial charge in [0, 0.05) is 24.6 Å². The molecule has 0 amide bonds. The van der Waals surface area contributed by atoms with E-state index < -0.39 is 53.6 Å². The van der Waals surface area contributed by atoms with Gasteiger partial charge in [-0.05, 0) is 31.2 Å². The number of aromatic hydroxyl groups is 3. The minimum absolute atomic E-state index is 0.0545. The molecule has 1 aliphatic rings. The van der Waals surface area contributed by atoms with Crippen LogP contribution in [0.2, 0.25) is 0 Å². The maximum atomic E-state index is 13.4. The van der Waals surface area contributed by atoms with E-state index in [0.717, 1.165) is 19.1 Å². The Morgan fingerprint density at radius 3 is 2.32 bits per heavy atom. The van der Waals surface area contributed by atoms with Crippen LogP contribution < -0.4 is 10.2 Å². The summed E-state index contributed by atoms with van der Waals surface area (Å²) in [5.41, 5.74) is -0.716. The molecule has 2 aromatic carbocycles. The average Bonchev–Trinajstić information content (AvgIpc) is 2.76. The minimum atomic E-state index is -1.59. The van der Waals surface area contributed by atoms with E-state index in [1.54, 1.807) is 0 Å². The molecular weight excluding hydrogens is 452 g/mol. The summed E-state index contributed by atoms with van der Waals surface area (Å²) in [6.45, 7) is 2.54. The minimum Gasteiger partial charge on any atom is -0.508 e. The van der Waals surface area contributed by atoms with Gasteiger partial charge in [0.2, 0.25) is 17.5 Å². The highest BCUT2D eigenvalue weighted by Crippen LogP contribution is 2.37. The van der Waals surface area contributed by atoms with E-state index in [0.29, 0.717) is 0 Å². The quantitative estimate of drug-likeness (QED) is 0.345. The second-order valence-electron chi connectivity index (χ2n) is 7.86. The van der Waals surface area contributed by atoms with Gasteiger partial charge in [0.05, 0.1) is 6.10 Å². The molecule has 34 heavy (non-hydrogen) atoms. The normalized spacial score (nSPS) is 24.6. The first-order valence-corrected chi connectivity index (χ1v) is 10.2. The van der Waals surface area contributed by atoms with Crippen molar-refractivity contribution in [1.82, 2.24) is 0 Å². The molecule has 11 heteroatoms. The summed E-state index contributed by atoms with van der Waals surface area (Å²) in [4.78, 5) is 25.0. The number of carbonyl (C=O) groups is 1. The van der Waals surface area contributed by atoms with E-state index in [2.05, 4.69) is 0 Å². The third kappa shape index (κ3) is 4.23. The number of benzene rings is 2. The lowest BCUT2D eigenvalue weighted by molar-refractivity contribution is -0.273. The van der Waals surface area contributed by atoms with Gasteiger partial charge >= 0.3 is 5.97 Å². The van der Waals surface area contributed by atoms with Crippen LogP contribution in [0.25, 0.3) is 22.3 Å². The summed E-state index contributed by atoms with van der Waals surface area (Å²) in [7, 11) is 0. The third-order valence-electron chi connectivity index (χ3n) is 5.37. The van der Waals surface area contributed by atoms with Crippen molar-refractivity contribution in [3.05, 3.63) is 46.6 Å². The van der Waals surface area contributed by atoms with Gasteiger partial charge in [0.15, 0.2) is 11.9 Å². The van der Waals surface area contributed by atoms with Gasteiger partial charge in [-0.2, -0.15) is 0 Å². The van der Waals surface area contributed by atoms with Crippen molar-refractivity contribution in [1.29, 1.82) is 0 Å². The third-order valence-corrected chi connectivity index (χ3v) is 5.37. The van der Waals surface area contributed by atoms with Crippen molar-refractivity contribution in [3.63, 3.8) is 0 Å². The standard InChI is InChI=1S/C23H22O11/c1-9-17(28)19(30)22(32-10(2)24)23(31-9)34-21-18(29)16-14(27)7-13(26)8-15(16)33-20(21)11-3-5-12(25)6-4-11/h3-9,17,19,22-23,25-28,30H,1-2H3/t9-,17+,19-,22+,23+/m1/s1. The molecule has 2 heterocycles. The first kappa shape index (κ1) is 23.4. The van der Waals surface area contributed by atoms with Gasteiger partial charge in [-0.15, -0.1) is 0 Å². The Bertz CT molecular complexity index is 1280. The van der Waals surface area contributed by atoms with Crippen molar-refractivity contribution < 1.29 is 49.0 Å². The molecule has 0 radical (unpaired) electrons. The Hall–Kier alpha value is -3.80. The number of hydrogen-bond acceptors (Lipinski definition) is 11. The summed E-state index contributed by atoms with van der Waals surface area (Å²) in [6, 6.07) is 7.62. The Labute approximate surface area is 192 Å². The highest BCUT2D eigenvalue weighted by molar-refractivity contribution is 5.88. The van der Waals surface area contributed by atoms with Crippen molar-refractivity contribution in [2.75, 3.05) is 0 Å². The molecule has 1 fully saturated rings. The molecular formula is C23H22O11. The molecule has 3 aromatic rings. The molecule has 0 spiro atoms. The van der Waals surface area contributed by atoms with Gasteiger partial charge in [0.25, 0.3) is 0 Å². The van der Waals surface area contributed by atoms with E-state index in [9.17, 15) is 35.1 Å². The molecule has 1 saturated heterocycles. The largest absolute Gasteiger partial charge is 0.508 e. The fourth-order valence-electron chi connectivity index (χ4n) is 3.71. The lowest BCUT2D eigenvalue weighted by Gasteiger charge is -2.40. The summed E-state index contributed by atoms with van der Waals surface area (Å²) >= 11 is 0. The molecule has 1 aliphatic heterocycles. The zero-order valence-electron chi connectivity index (χ0n) is 18.0.